The third-order valence-electron chi connectivity index (χ3n) is 2.30. The fourth-order valence-electron chi connectivity index (χ4n) is 1.49. The number of hydrogen-bond acceptors (Lipinski definition) is 3. The van der Waals surface area contributed by atoms with Gasteiger partial charge in [-0.25, -0.2) is 0 Å². The van der Waals surface area contributed by atoms with E-state index in [1.165, 1.54) is 6.08 Å². The average Bonchev–Trinajstić information content (AvgIpc) is 2.82. The Balaban J connectivity index is 2.10. The summed E-state index contributed by atoms with van der Waals surface area (Å²) in [5, 5.41) is 3.11. The summed E-state index contributed by atoms with van der Waals surface area (Å²) in [6, 6.07) is 3.48. The number of carbonyl (C=O) groups excluding carboxylic acids is 1. The number of benzene rings is 1. The largest absolute Gasteiger partial charge is 0.454 e. The first-order valence-corrected chi connectivity index (χ1v) is 5.74. The van der Waals surface area contributed by atoms with Crippen LogP contribution in [0, 0.1) is 0 Å². The Morgan fingerprint density at radius 3 is 3.11 bits per heavy atom. The van der Waals surface area contributed by atoms with Crippen LogP contribution in [0.5, 0.6) is 11.5 Å². The highest BCUT2D eigenvalue weighted by atomic mass is 35.5. The van der Waals surface area contributed by atoms with Crippen LogP contribution in [0.1, 0.15) is 5.56 Å². The summed E-state index contributed by atoms with van der Waals surface area (Å²) >= 11 is 6.02. The zero-order valence-electron chi connectivity index (χ0n) is 9.61. The minimum absolute atomic E-state index is 0.169. The Bertz CT molecular complexity index is 511. The van der Waals surface area contributed by atoms with E-state index < -0.39 is 0 Å². The Kier molecular flexibility index (Phi) is 3.89. The lowest BCUT2D eigenvalue weighted by atomic mass is 10.2. The van der Waals surface area contributed by atoms with Crippen LogP contribution in [0.3, 0.4) is 0 Å². The predicted octanol–water partition coefficient (Wildman–Crippen LogP) is 2.38. The quantitative estimate of drug-likeness (QED) is 0.672. The summed E-state index contributed by atoms with van der Waals surface area (Å²) in [6.07, 6.45) is 4.70. The molecule has 0 saturated heterocycles. The molecule has 0 fully saturated rings. The molecule has 94 valence electrons. The SMILES string of the molecule is C=CCNC(=O)C=Cc1cc(Cl)c2c(c1)OCO2. The zero-order chi connectivity index (χ0) is 13.0. The van der Waals surface area contributed by atoms with E-state index >= 15 is 0 Å². The molecular formula is C13H12ClNO3. The number of amides is 1. The van der Waals surface area contributed by atoms with Crippen molar-refractivity contribution in [1.82, 2.24) is 5.32 Å². The normalized spacial score (nSPS) is 12.7. The predicted molar refractivity (Wildman–Crippen MR) is 69.8 cm³/mol. The van der Waals surface area contributed by atoms with E-state index in [1.54, 1.807) is 24.3 Å². The van der Waals surface area contributed by atoms with Gasteiger partial charge in [0.2, 0.25) is 12.7 Å². The third-order valence-corrected chi connectivity index (χ3v) is 2.58. The van der Waals surface area contributed by atoms with Gasteiger partial charge in [-0.1, -0.05) is 17.7 Å². The number of nitrogens with one attached hydrogen (secondary N) is 1. The van der Waals surface area contributed by atoms with Crippen molar-refractivity contribution < 1.29 is 14.3 Å². The van der Waals surface area contributed by atoms with Crippen LogP contribution >= 0.6 is 11.6 Å². The molecule has 0 aromatic heterocycles. The van der Waals surface area contributed by atoms with Crippen LogP contribution in [0.4, 0.5) is 0 Å². The molecule has 0 unspecified atom stereocenters. The molecule has 18 heavy (non-hydrogen) atoms. The molecule has 1 aliphatic rings. The number of rotatable bonds is 4. The highest BCUT2D eigenvalue weighted by Gasteiger charge is 2.17. The lowest BCUT2D eigenvalue weighted by molar-refractivity contribution is -0.116. The molecule has 1 aromatic rings. The van der Waals surface area contributed by atoms with Gasteiger partial charge in [-0.05, 0) is 23.8 Å². The van der Waals surface area contributed by atoms with Gasteiger partial charge in [0.15, 0.2) is 11.5 Å². The summed E-state index contributed by atoms with van der Waals surface area (Å²) in [5.41, 5.74) is 0.776. The summed E-state index contributed by atoms with van der Waals surface area (Å²) in [4.78, 5) is 11.4. The van der Waals surface area contributed by atoms with Crippen LogP contribution in [-0.4, -0.2) is 19.2 Å². The molecule has 1 heterocycles. The minimum atomic E-state index is -0.191. The molecule has 4 nitrogen and oxygen atoms in total. The van der Waals surface area contributed by atoms with E-state index in [0.29, 0.717) is 23.1 Å². The first kappa shape index (κ1) is 12.5. The first-order chi connectivity index (χ1) is 8.70. The van der Waals surface area contributed by atoms with Gasteiger partial charge in [0.25, 0.3) is 0 Å². The van der Waals surface area contributed by atoms with Gasteiger partial charge in [0, 0.05) is 12.6 Å². The van der Waals surface area contributed by atoms with E-state index in [0.717, 1.165) is 5.56 Å². The van der Waals surface area contributed by atoms with Crippen LogP contribution in [0.15, 0.2) is 30.9 Å². The van der Waals surface area contributed by atoms with Gasteiger partial charge in [-0.3, -0.25) is 4.79 Å². The molecule has 0 bridgehead atoms. The third kappa shape index (κ3) is 2.84. The van der Waals surface area contributed by atoms with Gasteiger partial charge in [0.1, 0.15) is 0 Å². The van der Waals surface area contributed by atoms with Crippen molar-refractivity contribution in [1.29, 1.82) is 0 Å². The smallest absolute Gasteiger partial charge is 0.244 e. The lowest BCUT2D eigenvalue weighted by Gasteiger charge is -2.01. The summed E-state index contributed by atoms with van der Waals surface area (Å²) in [7, 11) is 0. The summed E-state index contributed by atoms with van der Waals surface area (Å²) in [6.45, 7) is 4.12. The molecular weight excluding hydrogens is 254 g/mol. The second-order valence-corrected chi connectivity index (χ2v) is 4.01. The summed E-state index contributed by atoms with van der Waals surface area (Å²) in [5.74, 6) is 0.947. The maximum absolute atomic E-state index is 11.4. The summed E-state index contributed by atoms with van der Waals surface area (Å²) < 4.78 is 10.4. The molecule has 1 amide bonds. The molecule has 0 saturated carbocycles. The Morgan fingerprint density at radius 2 is 2.33 bits per heavy atom. The van der Waals surface area contributed by atoms with Crippen molar-refractivity contribution in [2.45, 2.75) is 0 Å². The van der Waals surface area contributed by atoms with E-state index in [1.807, 2.05) is 0 Å². The second-order valence-electron chi connectivity index (χ2n) is 3.60. The second kappa shape index (κ2) is 5.60. The lowest BCUT2D eigenvalue weighted by Crippen LogP contribution is -2.20. The highest BCUT2D eigenvalue weighted by Crippen LogP contribution is 2.39. The number of carbonyl (C=O) groups is 1. The number of hydrogen-bond donors (Lipinski definition) is 1. The van der Waals surface area contributed by atoms with Crippen LogP contribution in [0.2, 0.25) is 5.02 Å². The van der Waals surface area contributed by atoms with Crippen molar-refractivity contribution in [2.24, 2.45) is 0 Å². The molecule has 1 aliphatic heterocycles. The Labute approximate surface area is 110 Å². The standard InChI is InChI=1S/C13H12ClNO3/c1-2-5-15-12(16)4-3-9-6-10(14)13-11(7-9)17-8-18-13/h2-4,6-7H,1,5,8H2,(H,15,16). The van der Waals surface area contributed by atoms with Gasteiger partial charge < -0.3 is 14.8 Å². The number of ether oxygens (including phenoxy) is 2. The van der Waals surface area contributed by atoms with Gasteiger partial charge in [0.05, 0.1) is 5.02 Å². The first-order valence-electron chi connectivity index (χ1n) is 5.36. The fraction of sp³-hybridized carbons (Fsp3) is 0.154. The van der Waals surface area contributed by atoms with Crippen molar-refractivity contribution in [3.63, 3.8) is 0 Å². The topological polar surface area (TPSA) is 47.6 Å². The maximum atomic E-state index is 11.4. The molecule has 0 radical (unpaired) electrons. The molecule has 0 aliphatic carbocycles. The Morgan fingerprint density at radius 1 is 1.50 bits per heavy atom. The van der Waals surface area contributed by atoms with Gasteiger partial charge in [-0.15, -0.1) is 6.58 Å². The van der Waals surface area contributed by atoms with E-state index in [4.69, 9.17) is 21.1 Å². The van der Waals surface area contributed by atoms with Gasteiger partial charge in [-0.2, -0.15) is 0 Å². The molecule has 2 rings (SSSR count). The van der Waals surface area contributed by atoms with E-state index in [2.05, 4.69) is 11.9 Å². The Hall–Kier alpha value is -1.94. The van der Waals surface area contributed by atoms with Gasteiger partial charge >= 0.3 is 0 Å². The number of fused-ring (bicyclic) bond motifs is 1. The molecule has 0 atom stereocenters. The van der Waals surface area contributed by atoms with Crippen LogP contribution < -0.4 is 14.8 Å². The van der Waals surface area contributed by atoms with E-state index in [9.17, 15) is 4.79 Å². The highest BCUT2D eigenvalue weighted by molar-refractivity contribution is 6.32. The minimum Gasteiger partial charge on any atom is -0.454 e. The zero-order valence-corrected chi connectivity index (χ0v) is 10.4. The average molecular weight is 266 g/mol. The van der Waals surface area contributed by atoms with Crippen LogP contribution in [-0.2, 0) is 4.79 Å². The van der Waals surface area contributed by atoms with Crippen LogP contribution in [0.25, 0.3) is 6.08 Å². The molecule has 1 aromatic carbocycles. The van der Waals surface area contributed by atoms with Crippen molar-refractivity contribution in [2.75, 3.05) is 13.3 Å². The van der Waals surface area contributed by atoms with Crippen molar-refractivity contribution >= 4 is 23.6 Å². The fourth-order valence-corrected chi connectivity index (χ4v) is 1.76. The maximum Gasteiger partial charge on any atom is 0.244 e. The molecule has 1 N–H and O–H groups in total. The monoisotopic (exact) mass is 265 g/mol. The van der Waals surface area contributed by atoms with Crippen molar-refractivity contribution in [3.8, 4) is 11.5 Å². The van der Waals surface area contributed by atoms with Crippen molar-refractivity contribution in [3.05, 3.63) is 41.4 Å². The molecule has 0 spiro atoms. The number of halogens is 1. The molecule has 5 heteroatoms. The van der Waals surface area contributed by atoms with E-state index in [-0.39, 0.29) is 12.7 Å².